The van der Waals surface area contributed by atoms with Crippen molar-refractivity contribution in [1.82, 2.24) is 19.3 Å². The lowest BCUT2D eigenvalue weighted by Crippen LogP contribution is -2.27. The number of fused-ring (bicyclic) bond motifs is 1. The van der Waals surface area contributed by atoms with Crippen LogP contribution < -0.4 is 10.7 Å². The number of imidazole rings is 1. The molecule has 0 saturated heterocycles. The average Bonchev–Trinajstić information content (AvgIpc) is 3.24. The first-order valence-corrected chi connectivity index (χ1v) is 9.04. The van der Waals surface area contributed by atoms with E-state index < -0.39 is 11.3 Å². The molecule has 2 aromatic carbocycles. The molecule has 0 aliphatic rings. The van der Waals surface area contributed by atoms with Gasteiger partial charge in [-0.1, -0.05) is 11.6 Å². The Hall–Kier alpha value is -3.45. The number of carbonyl (C=O) groups is 1. The van der Waals surface area contributed by atoms with E-state index in [-0.39, 0.29) is 5.69 Å². The van der Waals surface area contributed by atoms with Crippen LogP contribution in [0.2, 0.25) is 5.02 Å². The first-order valence-electron chi connectivity index (χ1n) is 8.67. The minimum Gasteiger partial charge on any atom is -0.320 e. The van der Waals surface area contributed by atoms with Crippen molar-refractivity contribution in [1.29, 1.82) is 0 Å². The average molecular weight is 394 g/mol. The van der Waals surface area contributed by atoms with Crippen LogP contribution in [-0.2, 0) is 6.54 Å². The number of amides is 1. The highest BCUT2D eigenvalue weighted by Gasteiger charge is 2.17. The number of anilines is 1. The molecular formula is C20H16ClN5O2. The van der Waals surface area contributed by atoms with Gasteiger partial charge >= 0.3 is 0 Å². The molecule has 1 N–H and O–H groups in total. The van der Waals surface area contributed by atoms with Gasteiger partial charge in [0.1, 0.15) is 0 Å². The van der Waals surface area contributed by atoms with Crippen molar-refractivity contribution in [3.63, 3.8) is 0 Å². The van der Waals surface area contributed by atoms with Crippen molar-refractivity contribution < 1.29 is 4.79 Å². The maximum atomic E-state index is 12.8. The number of rotatable bonds is 4. The molecule has 0 fully saturated rings. The highest BCUT2D eigenvalue weighted by atomic mass is 35.5. The van der Waals surface area contributed by atoms with Crippen molar-refractivity contribution in [2.75, 3.05) is 5.32 Å². The van der Waals surface area contributed by atoms with E-state index >= 15 is 0 Å². The second-order valence-corrected chi connectivity index (χ2v) is 6.56. The second kappa shape index (κ2) is 7.28. The number of benzene rings is 2. The van der Waals surface area contributed by atoms with Gasteiger partial charge in [0.25, 0.3) is 5.91 Å². The highest BCUT2D eigenvalue weighted by molar-refractivity contribution is 6.31. The molecule has 0 aliphatic carbocycles. The number of nitrogens with one attached hydrogen (secondary N) is 1. The topological polar surface area (TPSA) is 81.8 Å². The zero-order chi connectivity index (χ0) is 19.7. The monoisotopic (exact) mass is 393 g/mol. The summed E-state index contributed by atoms with van der Waals surface area (Å²) in [7, 11) is 0. The zero-order valence-electron chi connectivity index (χ0n) is 15.0. The summed E-state index contributed by atoms with van der Waals surface area (Å²) >= 11 is 6.03. The quantitative estimate of drug-likeness (QED) is 0.575. The molecule has 0 saturated carbocycles. The molecule has 28 heavy (non-hydrogen) atoms. The molecule has 0 bridgehead atoms. The van der Waals surface area contributed by atoms with E-state index in [1.54, 1.807) is 47.5 Å². The van der Waals surface area contributed by atoms with Crippen molar-refractivity contribution in [3.05, 3.63) is 82.1 Å². The maximum Gasteiger partial charge on any atom is 0.280 e. The summed E-state index contributed by atoms with van der Waals surface area (Å²) in [6.07, 6.45) is 5.20. The van der Waals surface area contributed by atoms with Gasteiger partial charge in [0.2, 0.25) is 5.43 Å². The third kappa shape index (κ3) is 3.27. The summed E-state index contributed by atoms with van der Waals surface area (Å²) in [6.45, 7) is 2.40. The molecule has 2 heterocycles. The Morgan fingerprint density at radius 1 is 1.18 bits per heavy atom. The summed E-state index contributed by atoms with van der Waals surface area (Å²) in [5, 5.41) is 7.77. The van der Waals surface area contributed by atoms with E-state index in [2.05, 4.69) is 15.4 Å². The standard InChI is InChI=1S/C20H16ClN5O2/c1-2-26-17-8-3-13(21)11-16(17)19(27)18(24-26)20(28)23-14-4-6-15(7-5-14)25-10-9-22-12-25/h3-12H,2H2,1H3,(H,23,28). The number of nitrogens with zero attached hydrogens (tertiary/aromatic N) is 4. The van der Waals surface area contributed by atoms with Crippen LogP contribution in [0.15, 0.2) is 66.0 Å². The number of aromatic nitrogens is 4. The van der Waals surface area contributed by atoms with Gasteiger partial charge in [-0.25, -0.2) is 4.98 Å². The normalized spacial score (nSPS) is 10.9. The van der Waals surface area contributed by atoms with Crippen molar-refractivity contribution in [2.24, 2.45) is 0 Å². The summed E-state index contributed by atoms with van der Waals surface area (Å²) in [5.41, 5.74) is 1.48. The van der Waals surface area contributed by atoms with Crippen molar-refractivity contribution in [2.45, 2.75) is 13.5 Å². The van der Waals surface area contributed by atoms with E-state index in [4.69, 9.17) is 11.6 Å². The van der Waals surface area contributed by atoms with E-state index in [1.165, 1.54) is 0 Å². The molecule has 8 heteroatoms. The van der Waals surface area contributed by atoms with Gasteiger partial charge < -0.3 is 9.88 Å². The fourth-order valence-corrected chi connectivity index (χ4v) is 3.14. The van der Waals surface area contributed by atoms with Crippen LogP contribution in [0.25, 0.3) is 16.6 Å². The van der Waals surface area contributed by atoms with Crippen molar-refractivity contribution >= 4 is 34.1 Å². The van der Waals surface area contributed by atoms with E-state index in [9.17, 15) is 9.59 Å². The number of halogens is 1. The zero-order valence-corrected chi connectivity index (χ0v) is 15.7. The summed E-state index contributed by atoms with van der Waals surface area (Å²) < 4.78 is 3.46. The SMILES string of the molecule is CCn1nc(C(=O)Nc2ccc(-n3ccnc3)cc2)c(=O)c2cc(Cl)ccc21. The maximum absolute atomic E-state index is 12.8. The fraction of sp³-hybridized carbons (Fsp3) is 0.100. The van der Waals surface area contributed by atoms with Gasteiger partial charge in [-0.05, 0) is 49.4 Å². The summed E-state index contributed by atoms with van der Waals surface area (Å²) in [5.74, 6) is -0.565. The first kappa shape index (κ1) is 17.9. The third-order valence-electron chi connectivity index (χ3n) is 4.36. The molecule has 2 aromatic heterocycles. The molecule has 0 unspecified atom stereocenters. The Kier molecular flexibility index (Phi) is 4.67. The van der Waals surface area contributed by atoms with Gasteiger partial charge in [-0.3, -0.25) is 14.3 Å². The highest BCUT2D eigenvalue weighted by Crippen LogP contribution is 2.17. The Bertz CT molecular complexity index is 1210. The number of hydrogen-bond acceptors (Lipinski definition) is 4. The van der Waals surface area contributed by atoms with E-state index in [0.29, 0.717) is 28.2 Å². The van der Waals surface area contributed by atoms with Gasteiger partial charge in [-0.2, -0.15) is 5.10 Å². The Balaban J connectivity index is 1.67. The van der Waals surface area contributed by atoms with E-state index in [0.717, 1.165) is 5.69 Å². The molecule has 7 nitrogen and oxygen atoms in total. The Morgan fingerprint density at radius 3 is 2.64 bits per heavy atom. The van der Waals surface area contributed by atoms with Gasteiger partial charge in [0.05, 0.1) is 17.2 Å². The van der Waals surface area contributed by atoms with Crippen LogP contribution in [0.1, 0.15) is 17.4 Å². The van der Waals surface area contributed by atoms with Crippen LogP contribution in [0.5, 0.6) is 0 Å². The fourth-order valence-electron chi connectivity index (χ4n) is 2.97. The lowest BCUT2D eigenvalue weighted by molar-refractivity contribution is 0.101. The second-order valence-electron chi connectivity index (χ2n) is 6.13. The lowest BCUT2D eigenvalue weighted by atomic mass is 10.2. The molecule has 140 valence electrons. The number of aryl methyl sites for hydroxylation is 1. The number of hydrogen-bond donors (Lipinski definition) is 1. The predicted octanol–water partition coefficient (Wildman–Crippen LogP) is 3.51. The molecule has 1 amide bonds. The van der Waals surface area contributed by atoms with E-state index in [1.807, 2.05) is 29.8 Å². The predicted molar refractivity (Wildman–Crippen MR) is 108 cm³/mol. The van der Waals surface area contributed by atoms with Gasteiger partial charge in [0, 0.05) is 35.3 Å². The largest absolute Gasteiger partial charge is 0.320 e. The van der Waals surface area contributed by atoms with Gasteiger partial charge in [0.15, 0.2) is 5.69 Å². The lowest BCUT2D eigenvalue weighted by Gasteiger charge is -2.11. The molecule has 0 spiro atoms. The van der Waals surface area contributed by atoms with Gasteiger partial charge in [-0.15, -0.1) is 0 Å². The molecule has 0 aliphatic heterocycles. The Morgan fingerprint density at radius 2 is 1.96 bits per heavy atom. The van der Waals surface area contributed by atoms with Crippen LogP contribution in [0, 0.1) is 0 Å². The third-order valence-corrected chi connectivity index (χ3v) is 4.59. The first-order chi connectivity index (χ1) is 13.6. The summed E-state index contributed by atoms with van der Waals surface area (Å²) in [4.78, 5) is 29.5. The molecule has 4 rings (SSSR count). The van der Waals surface area contributed by atoms with Crippen molar-refractivity contribution in [3.8, 4) is 5.69 Å². The number of carbonyl (C=O) groups excluding carboxylic acids is 1. The molecule has 0 radical (unpaired) electrons. The van der Waals surface area contributed by atoms with Crippen LogP contribution in [-0.4, -0.2) is 25.2 Å². The summed E-state index contributed by atoms with van der Waals surface area (Å²) in [6, 6.07) is 12.2. The Labute approximate surface area is 165 Å². The molecular weight excluding hydrogens is 378 g/mol. The van der Waals surface area contributed by atoms with Crippen LogP contribution >= 0.6 is 11.6 Å². The van der Waals surface area contributed by atoms with Crippen LogP contribution in [0.4, 0.5) is 5.69 Å². The minimum atomic E-state index is -0.565. The van der Waals surface area contributed by atoms with Crippen LogP contribution in [0.3, 0.4) is 0 Å². The smallest absolute Gasteiger partial charge is 0.280 e. The minimum absolute atomic E-state index is 0.171. The molecule has 4 aromatic rings. The molecule has 0 atom stereocenters.